The van der Waals surface area contributed by atoms with E-state index in [0.717, 1.165) is 30.1 Å². The zero-order valence-corrected chi connectivity index (χ0v) is 13.6. The summed E-state index contributed by atoms with van der Waals surface area (Å²) in [7, 11) is 3.58. The SMILES string of the molecule is CN(C)C(=O)[C@@]1(c2cnccn2)CCCN1Cc1nccs1. The first-order valence-electron chi connectivity index (χ1n) is 7.26. The molecule has 1 fully saturated rings. The van der Waals surface area contributed by atoms with Crippen molar-refractivity contribution >= 4 is 17.2 Å². The maximum Gasteiger partial charge on any atom is 0.248 e. The minimum absolute atomic E-state index is 0.0575. The Kier molecular flexibility index (Phi) is 4.17. The molecule has 1 aliphatic heterocycles. The minimum Gasteiger partial charge on any atom is -0.347 e. The van der Waals surface area contributed by atoms with Crippen molar-refractivity contribution in [2.75, 3.05) is 20.6 Å². The number of carbonyl (C=O) groups excluding carboxylic acids is 1. The molecule has 6 nitrogen and oxygen atoms in total. The summed E-state index contributed by atoms with van der Waals surface area (Å²) in [4.78, 5) is 29.8. The maximum absolute atomic E-state index is 13.0. The molecule has 0 unspecified atom stereocenters. The summed E-state index contributed by atoms with van der Waals surface area (Å²) in [5.41, 5.74) is -0.00793. The highest BCUT2D eigenvalue weighted by Gasteiger charge is 2.51. The fourth-order valence-corrected chi connectivity index (χ4v) is 3.74. The van der Waals surface area contributed by atoms with Crippen LogP contribution in [0.3, 0.4) is 0 Å². The molecule has 0 bridgehead atoms. The van der Waals surface area contributed by atoms with Crippen LogP contribution in [0.25, 0.3) is 0 Å². The van der Waals surface area contributed by atoms with E-state index in [1.165, 1.54) is 0 Å². The zero-order valence-electron chi connectivity index (χ0n) is 12.8. The summed E-state index contributed by atoms with van der Waals surface area (Å²) in [6.07, 6.45) is 8.52. The highest BCUT2D eigenvalue weighted by atomic mass is 32.1. The van der Waals surface area contributed by atoms with Gasteiger partial charge >= 0.3 is 0 Å². The van der Waals surface area contributed by atoms with Gasteiger partial charge in [0.25, 0.3) is 0 Å². The van der Waals surface area contributed by atoms with Crippen LogP contribution in [0.1, 0.15) is 23.5 Å². The number of hydrogen-bond donors (Lipinski definition) is 0. The molecule has 22 heavy (non-hydrogen) atoms. The third kappa shape index (κ3) is 2.50. The van der Waals surface area contributed by atoms with E-state index in [0.29, 0.717) is 6.54 Å². The highest BCUT2D eigenvalue weighted by Crippen LogP contribution is 2.40. The standard InChI is InChI=1S/C15H19N5OS/c1-19(2)14(21)15(12-10-16-5-6-17-12)4-3-8-20(15)11-13-18-7-9-22-13/h5-7,9-10H,3-4,8,11H2,1-2H3/t15-/m0/s1. The first-order chi connectivity index (χ1) is 10.6. The van der Waals surface area contributed by atoms with E-state index in [4.69, 9.17) is 0 Å². The molecule has 0 aliphatic carbocycles. The molecule has 0 spiro atoms. The summed E-state index contributed by atoms with van der Waals surface area (Å²) in [5.74, 6) is 0.0575. The molecule has 2 aromatic rings. The van der Waals surface area contributed by atoms with Gasteiger partial charge in [-0.05, 0) is 12.8 Å². The quantitative estimate of drug-likeness (QED) is 0.855. The molecule has 0 saturated carbocycles. The third-order valence-corrected chi connectivity index (χ3v) is 4.83. The van der Waals surface area contributed by atoms with Gasteiger partial charge in [-0.2, -0.15) is 0 Å². The van der Waals surface area contributed by atoms with Crippen LogP contribution in [-0.2, 0) is 16.9 Å². The van der Waals surface area contributed by atoms with Gasteiger partial charge in [-0.15, -0.1) is 11.3 Å². The average Bonchev–Trinajstić information content (AvgIpc) is 3.18. The largest absolute Gasteiger partial charge is 0.347 e. The van der Waals surface area contributed by atoms with Crippen molar-refractivity contribution in [1.82, 2.24) is 24.8 Å². The minimum atomic E-state index is -0.733. The summed E-state index contributed by atoms with van der Waals surface area (Å²) in [6, 6.07) is 0. The number of carbonyl (C=O) groups is 1. The predicted molar refractivity (Wildman–Crippen MR) is 84.2 cm³/mol. The number of nitrogens with zero attached hydrogens (tertiary/aromatic N) is 5. The Labute approximate surface area is 133 Å². The van der Waals surface area contributed by atoms with E-state index >= 15 is 0 Å². The zero-order chi connectivity index (χ0) is 15.6. The third-order valence-electron chi connectivity index (χ3n) is 4.06. The molecule has 0 radical (unpaired) electrons. The van der Waals surface area contributed by atoms with E-state index < -0.39 is 5.54 Å². The van der Waals surface area contributed by atoms with Gasteiger partial charge in [-0.1, -0.05) is 0 Å². The van der Waals surface area contributed by atoms with Gasteiger partial charge in [0.2, 0.25) is 5.91 Å². The molecule has 1 amide bonds. The predicted octanol–water partition coefficient (Wildman–Crippen LogP) is 1.51. The van der Waals surface area contributed by atoms with Crippen molar-refractivity contribution in [3.05, 3.63) is 40.9 Å². The van der Waals surface area contributed by atoms with Gasteiger partial charge in [0.15, 0.2) is 0 Å². The number of aromatic nitrogens is 3. The smallest absolute Gasteiger partial charge is 0.248 e. The summed E-state index contributed by atoms with van der Waals surface area (Å²) in [6.45, 7) is 1.52. The maximum atomic E-state index is 13.0. The van der Waals surface area contributed by atoms with Gasteiger partial charge < -0.3 is 4.90 Å². The Bertz CT molecular complexity index is 631. The Morgan fingerprint density at radius 1 is 1.36 bits per heavy atom. The number of thiazole rings is 1. The number of amides is 1. The van der Waals surface area contributed by atoms with Gasteiger partial charge in [-0.3, -0.25) is 19.7 Å². The number of likely N-dealkylation sites (N-methyl/N-ethyl adjacent to an activating group) is 1. The van der Waals surface area contributed by atoms with E-state index in [-0.39, 0.29) is 5.91 Å². The summed E-state index contributed by atoms with van der Waals surface area (Å²) in [5, 5.41) is 2.98. The lowest BCUT2D eigenvalue weighted by Crippen LogP contribution is -2.52. The van der Waals surface area contributed by atoms with Crippen molar-refractivity contribution < 1.29 is 4.79 Å². The molecule has 3 heterocycles. The van der Waals surface area contributed by atoms with E-state index in [9.17, 15) is 4.79 Å². The number of rotatable bonds is 4. The average molecular weight is 317 g/mol. The van der Waals surface area contributed by atoms with E-state index in [2.05, 4.69) is 19.9 Å². The van der Waals surface area contributed by atoms with Crippen LogP contribution in [0.15, 0.2) is 30.2 Å². The molecule has 1 saturated heterocycles. The monoisotopic (exact) mass is 317 g/mol. The molecular formula is C15H19N5OS. The normalized spacial score (nSPS) is 21.9. The highest BCUT2D eigenvalue weighted by molar-refractivity contribution is 7.09. The van der Waals surface area contributed by atoms with Crippen molar-refractivity contribution in [2.24, 2.45) is 0 Å². The van der Waals surface area contributed by atoms with Crippen molar-refractivity contribution in [1.29, 1.82) is 0 Å². The molecule has 1 atom stereocenters. The first kappa shape index (κ1) is 15.1. The van der Waals surface area contributed by atoms with Crippen LogP contribution < -0.4 is 0 Å². The molecule has 3 rings (SSSR count). The summed E-state index contributed by atoms with van der Waals surface area (Å²) >= 11 is 1.61. The lowest BCUT2D eigenvalue weighted by atomic mass is 9.90. The molecule has 1 aliphatic rings. The van der Waals surface area contributed by atoms with Crippen molar-refractivity contribution in [2.45, 2.75) is 24.9 Å². The lowest BCUT2D eigenvalue weighted by molar-refractivity contribution is -0.141. The van der Waals surface area contributed by atoms with Crippen LogP contribution in [-0.4, -0.2) is 51.3 Å². The van der Waals surface area contributed by atoms with Crippen LogP contribution in [0.5, 0.6) is 0 Å². The van der Waals surface area contributed by atoms with Crippen LogP contribution in [0.4, 0.5) is 0 Å². The van der Waals surface area contributed by atoms with Crippen LogP contribution >= 0.6 is 11.3 Å². The molecule has 2 aromatic heterocycles. The fourth-order valence-electron chi connectivity index (χ4n) is 3.11. The Morgan fingerprint density at radius 3 is 2.86 bits per heavy atom. The first-order valence-corrected chi connectivity index (χ1v) is 8.14. The molecule has 7 heteroatoms. The molecule has 116 valence electrons. The van der Waals surface area contributed by atoms with Gasteiger partial charge in [0.05, 0.1) is 18.4 Å². The molecule has 0 aromatic carbocycles. The second kappa shape index (κ2) is 6.10. The second-order valence-electron chi connectivity index (χ2n) is 5.60. The van der Waals surface area contributed by atoms with E-state index in [1.54, 1.807) is 55.1 Å². The lowest BCUT2D eigenvalue weighted by Gasteiger charge is -2.37. The summed E-state index contributed by atoms with van der Waals surface area (Å²) < 4.78 is 0. The molecular weight excluding hydrogens is 298 g/mol. The number of hydrogen-bond acceptors (Lipinski definition) is 6. The van der Waals surface area contributed by atoms with Crippen molar-refractivity contribution in [3.63, 3.8) is 0 Å². The van der Waals surface area contributed by atoms with Crippen LogP contribution in [0.2, 0.25) is 0 Å². The van der Waals surface area contributed by atoms with Crippen LogP contribution in [0, 0.1) is 0 Å². The Hall–Kier alpha value is -1.86. The van der Waals surface area contributed by atoms with Crippen molar-refractivity contribution in [3.8, 4) is 0 Å². The Balaban J connectivity index is 2.02. The Morgan fingerprint density at radius 2 is 2.23 bits per heavy atom. The topological polar surface area (TPSA) is 62.2 Å². The van der Waals surface area contributed by atoms with Gasteiger partial charge in [-0.25, -0.2) is 4.98 Å². The fraction of sp³-hybridized carbons (Fsp3) is 0.467. The van der Waals surface area contributed by atoms with Gasteiger partial charge in [0.1, 0.15) is 10.5 Å². The molecule has 0 N–H and O–H groups in total. The van der Waals surface area contributed by atoms with Gasteiger partial charge in [0, 0.05) is 44.6 Å². The van der Waals surface area contributed by atoms with E-state index in [1.807, 2.05) is 5.38 Å². The number of likely N-dealkylation sites (tertiary alicyclic amines) is 1. The second-order valence-corrected chi connectivity index (χ2v) is 6.58.